The maximum atomic E-state index is 13.9. The largest absolute Gasteiger partial charge is 0.494 e. The lowest BCUT2D eigenvalue weighted by Crippen LogP contribution is -2.36. The average Bonchev–Trinajstić information content (AvgIpc) is 2.94. The van der Waals surface area contributed by atoms with E-state index < -0.39 is 17.8 Å². The fourth-order valence-electron chi connectivity index (χ4n) is 3.05. The number of hydrogen-bond donors (Lipinski definition) is 1. The summed E-state index contributed by atoms with van der Waals surface area (Å²) < 4.78 is 23.6. The van der Waals surface area contributed by atoms with Gasteiger partial charge in [-0.2, -0.15) is 0 Å². The van der Waals surface area contributed by atoms with Gasteiger partial charge in [0.2, 0.25) is 0 Å². The Labute approximate surface area is 158 Å². The van der Waals surface area contributed by atoms with Crippen molar-refractivity contribution >= 4 is 11.8 Å². The number of rotatable bonds is 7. The van der Waals surface area contributed by atoms with E-state index in [1.807, 2.05) is 4.90 Å². The van der Waals surface area contributed by atoms with E-state index in [2.05, 4.69) is 4.98 Å². The van der Waals surface area contributed by atoms with Crippen LogP contribution in [-0.4, -0.2) is 48.9 Å². The topological polar surface area (TPSA) is 71.6 Å². The molecule has 1 aromatic heterocycles. The van der Waals surface area contributed by atoms with E-state index in [-0.39, 0.29) is 11.5 Å². The highest BCUT2D eigenvalue weighted by Crippen LogP contribution is 2.22. The summed E-state index contributed by atoms with van der Waals surface area (Å²) in [5.74, 6) is -0.892. The number of aryl methyl sites for hydroxylation is 1. The number of ketones is 1. The zero-order valence-corrected chi connectivity index (χ0v) is 16.5. The number of benzene rings is 1. The molecule has 1 aromatic carbocycles. The Balaban J connectivity index is 2.19. The van der Waals surface area contributed by atoms with Crippen molar-refractivity contribution in [3.63, 3.8) is 0 Å². The van der Waals surface area contributed by atoms with Crippen LogP contribution in [0.4, 0.5) is 4.39 Å². The number of aromatic amines is 1. The first kappa shape index (κ1) is 20.6. The average molecular weight is 376 g/mol. The molecule has 2 aromatic rings. The Morgan fingerprint density at radius 1 is 1.26 bits per heavy atom. The van der Waals surface area contributed by atoms with Crippen LogP contribution < -0.4 is 4.74 Å². The number of likely N-dealkylation sites (N-methyl/N-ethyl adjacent to an activating group) is 1. The molecule has 1 atom stereocenters. The standard InChI is InChI=1S/C20H25FN2O4/c1-11-17(20(25)27-6)12(2)22-18(11)19(24)13(3)23(4)10-14-7-8-16(26-5)15(21)9-14/h7-9,13,22H,10H2,1-6H3. The lowest BCUT2D eigenvalue weighted by molar-refractivity contribution is 0.0599. The molecule has 0 amide bonds. The Morgan fingerprint density at radius 3 is 2.48 bits per heavy atom. The molecule has 7 heteroatoms. The third-order valence-electron chi connectivity index (χ3n) is 4.76. The van der Waals surface area contributed by atoms with E-state index >= 15 is 0 Å². The smallest absolute Gasteiger partial charge is 0.339 e. The van der Waals surface area contributed by atoms with E-state index in [4.69, 9.17) is 9.47 Å². The second-order valence-corrected chi connectivity index (χ2v) is 6.54. The number of halogens is 1. The summed E-state index contributed by atoms with van der Waals surface area (Å²) >= 11 is 0. The number of carbonyl (C=O) groups is 2. The number of nitrogens with zero attached hydrogens (tertiary/aromatic N) is 1. The number of Topliss-reactive ketones (excluding diaryl/α,β-unsaturated/α-hetero) is 1. The molecule has 146 valence electrons. The van der Waals surface area contributed by atoms with Crippen LogP contribution in [0.25, 0.3) is 0 Å². The van der Waals surface area contributed by atoms with Crippen LogP contribution in [0.15, 0.2) is 18.2 Å². The minimum Gasteiger partial charge on any atom is -0.494 e. The number of esters is 1. The highest BCUT2D eigenvalue weighted by atomic mass is 19.1. The van der Waals surface area contributed by atoms with Crippen LogP contribution in [-0.2, 0) is 11.3 Å². The number of hydrogen-bond acceptors (Lipinski definition) is 5. The summed E-state index contributed by atoms with van der Waals surface area (Å²) in [6.45, 7) is 5.60. The Bertz CT molecular complexity index is 860. The van der Waals surface area contributed by atoms with Crippen molar-refractivity contribution in [3.8, 4) is 5.75 Å². The number of nitrogens with one attached hydrogen (secondary N) is 1. The van der Waals surface area contributed by atoms with E-state index in [1.165, 1.54) is 20.3 Å². The van der Waals surface area contributed by atoms with E-state index in [1.54, 1.807) is 40.0 Å². The molecule has 2 rings (SSSR count). The van der Waals surface area contributed by atoms with Crippen molar-refractivity contribution in [1.29, 1.82) is 0 Å². The summed E-state index contributed by atoms with van der Waals surface area (Å²) in [5, 5.41) is 0. The first-order chi connectivity index (χ1) is 12.7. The minimum absolute atomic E-state index is 0.151. The molecule has 27 heavy (non-hydrogen) atoms. The third-order valence-corrected chi connectivity index (χ3v) is 4.76. The zero-order valence-electron chi connectivity index (χ0n) is 16.5. The van der Waals surface area contributed by atoms with Gasteiger partial charge in [0, 0.05) is 12.2 Å². The first-order valence-corrected chi connectivity index (χ1v) is 8.55. The molecule has 1 N–H and O–H groups in total. The molecular formula is C20H25FN2O4. The minimum atomic E-state index is -0.477. The zero-order chi connectivity index (χ0) is 20.3. The van der Waals surface area contributed by atoms with E-state index in [0.717, 1.165) is 5.56 Å². The molecular weight excluding hydrogens is 351 g/mol. The highest BCUT2D eigenvalue weighted by Gasteiger charge is 2.27. The van der Waals surface area contributed by atoms with Gasteiger partial charge in [0.05, 0.1) is 31.5 Å². The molecule has 0 saturated carbocycles. The highest BCUT2D eigenvalue weighted by molar-refractivity contribution is 6.03. The molecule has 0 bridgehead atoms. The molecule has 0 aliphatic rings. The molecule has 0 saturated heterocycles. The summed E-state index contributed by atoms with van der Waals surface area (Å²) in [6, 6.07) is 4.24. The SMILES string of the molecule is COC(=O)c1c(C)[nH]c(C(=O)C(C)N(C)Cc2ccc(OC)c(F)c2)c1C. The lowest BCUT2D eigenvalue weighted by atomic mass is 10.0. The van der Waals surface area contributed by atoms with Crippen molar-refractivity contribution in [2.75, 3.05) is 21.3 Å². The number of methoxy groups -OCH3 is 2. The van der Waals surface area contributed by atoms with Crippen molar-refractivity contribution in [1.82, 2.24) is 9.88 Å². The van der Waals surface area contributed by atoms with Crippen LogP contribution in [0, 0.1) is 19.7 Å². The second-order valence-electron chi connectivity index (χ2n) is 6.54. The van der Waals surface area contributed by atoms with Crippen LogP contribution in [0.1, 0.15) is 44.6 Å². The van der Waals surface area contributed by atoms with Gasteiger partial charge >= 0.3 is 5.97 Å². The van der Waals surface area contributed by atoms with Crippen molar-refractivity contribution in [2.45, 2.75) is 33.4 Å². The predicted octanol–water partition coefficient (Wildman–Crippen LogP) is 3.27. The Morgan fingerprint density at radius 2 is 1.93 bits per heavy atom. The fraction of sp³-hybridized carbons (Fsp3) is 0.400. The number of carbonyl (C=O) groups excluding carboxylic acids is 2. The van der Waals surface area contributed by atoms with Crippen LogP contribution in [0.2, 0.25) is 0 Å². The lowest BCUT2D eigenvalue weighted by Gasteiger charge is -2.23. The van der Waals surface area contributed by atoms with Crippen LogP contribution >= 0.6 is 0 Å². The van der Waals surface area contributed by atoms with Crippen molar-refractivity contribution in [2.24, 2.45) is 0 Å². The van der Waals surface area contributed by atoms with Gasteiger partial charge in [-0.05, 0) is 51.1 Å². The van der Waals surface area contributed by atoms with Gasteiger partial charge in [0.25, 0.3) is 0 Å². The first-order valence-electron chi connectivity index (χ1n) is 8.55. The summed E-state index contributed by atoms with van der Waals surface area (Å²) in [5.41, 5.74) is 2.65. The summed E-state index contributed by atoms with van der Waals surface area (Å²) in [6.07, 6.45) is 0. The van der Waals surface area contributed by atoms with Gasteiger partial charge in [-0.15, -0.1) is 0 Å². The van der Waals surface area contributed by atoms with Gasteiger partial charge < -0.3 is 14.5 Å². The van der Waals surface area contributed by atoms with E-state index in [9.17, 15) is 14.0 Å². The van der Waals surface area contributed by atoms with Gasteiger partial charge in [0.15, 0.2) is 17.3 Å². The Hall–Kier alpha value is -2.67. The van der Waals surface area contributed by atoms with Gasteiger partial charge in [-0.3, -0.25) is 9.69 Å². The Kier molecular flexibility index (Phi) is 6.38. The van der Waals surface area contributed by atoms with E-state index in [0.29, 0.717) is 29.1 Å². The summed E-state index contributed by atoms with van der Waals surface area (Å²) in [7, 11) is 4.51. The van der Waals surface area contributed by atoms with Crippen molar-refractivity contribution < 1.29 is 23.5 Å². The van der Waals surface area contributed by atoms with Gasteiger partial charge in [-0.1, -0.05) is 6.07 Å². The number of ether oxygens (including phenoxy) is 2. The quantitative estimate of drug-likeness (QED) is 0.593. The molecule has 0 radical (unpaired) electrons. The third kappa shape index (κ3) is 4.19. The molecule has 1 unspecified atom stereocenters. The predicted molar refractivity (Wildman–Crippen MR) is 99.8 cm³/mol. The van der Waals surface area contributed by atoms with Crippen molar-refractivity contribution in [3.05, 3.63) is 52.1 Å². The van der Waals surface area contributed by atoms with Crippen LogP contribution in [0.3, 0.4) is 0 Å². The molecule has 0 spiro atoms. The number of aromatic nitrogens is 1. The fourth-order valence-corrected chi connectivity index (χ4v) is 3.05. The summed E-state index contributed by atoms with van der Waals surface area (Å²) in [4.78, 5) is 29.6. The molecule has 0 fully saturated rings. The van der Waals surface area contributed by atoms with Crippen LogP contribution in [0.5, 0.6) is 5.75 Å². The maximum absolute atomic E-state index is 13.9. The molecule has 1 heterocycles. The van der Waals surface area contributed by atoms with Gasteiger partial charge in [-0.25, -0.2) is 9.18 Å². The molecule has 6 nitrogen and oxygen atoms in total. The second kappa shape index (κ2) is 8.35. The van der Waals surface area contributed by atoms with Gasteiger partial charge in [0.1, 0.15) is 0 Å². The molecule has 0 aliphatic heterocycles. The normalized spacial score (nSPS) is 12.1. The number of H-pyrrole nitrogens is 1. The maximum Gasteiger partial charge on any atom is 0.339 e. The molecule has 0 aliphatic carbocycles. The monoisotopic (exact) mass is 376 g/mol.